The molecule has 2 saturated heterocycles. The minimum atomic E-state index is -0.961. The van der Waals surface area contributed by atoms with Crippen molar-refractivity contribution < 1.29 is 24.2 Å². The minimum absolute atomic E-state index is 0.198. The monoisotopic (exact) mass is 360 g/mol. The predicted octanol–water partition coefficient (Wildman–Crippen LogP) is 1.10. The molecule has 7 heteroatoms. The van der Waals surface area contributed by atoms with E-state index in [0.29, 0.717) is 36.8 Å². The van der Waals surface area contributed by atoms with E-state index in [1.165, 1.54) is 4.90 Å². The molecule has 2 atom stereocenters. The van der Waals surface area contributed by atoms with E-state index < -0.39 is 12.1 Å². The fraction of sp³-hybridized carbons (Fsp3) is 0.579. The van der Waals surface area contributed by atoms with Gasteiger partial charge >= 0.3 is 0 Å². The van der Waals surface area contributed by atoms with Crippen LogP contribution >= 0.6 is 0 Å². The Kier molecular flexibility index (Phi) is 4.82. The third kappa shape index (κ3) is 3.29. The van der Waals surface area contributed by atoms with Gasteiger partial charge in [-0.15, -0.1) is 0 Å². The summed E-state index contributed by atoms with van der Waals surface area (Å²) in [4.78, 5) is 28.1. The van der Waals surface area contributed by atoms with Gasteiger partial charge in [0.15, 0.2) is 11.5 Å². The first-order valence-electron chi connectivity index (χ1n) is 9.28. The largest absolute Gasteiger partial charge is 0.486 e. The molecule has 3 aliphatic rings. The van der Waals surface area contributed by atoms with Gasteiger partial charge < -0.3 is 19.5 Å². The third-order valence-electron chi connectivity index (χ3n) is 5.34. The predicted molar refractivity (Wildman–Crippen MR) is 92.9 cm³/mol. The molecule has 4 rings (SSSR count). The van der Waals surface area contributed by atoms with E-state index in [1.54, 1.807) is 18.2 Å². The third-order valence-corrected chi connectivity index (χ3v) is 5.34. The molecule has 2 amide bonds. The van der Waals surface area contributed by atoms with Crippen LogP contribution in [0.4, 0.5) is 0 Å². The van der Waals surface area contributed by atoms with Crippen LogP contribution in [0.25, 0.3) is 0 Å². The van der Waals surface area contributed by atoms with Crippen LogP contribution in [0.15, 0.2) is 18.2 Å². The highest BCUT2D eigenvalue weighted by Gasteiger charge is 2.40. The lowest BCUT2D eigenvalue weighted by atomic mass is 9.99. The molecule has 7 nitrogen and oxygen atoms in total. The Morgan fingerprint density at radius 1 is 1.00 bits per heavy atom. The van der Waals surface area contributed by atoms with Gasteiger partial charge in [0, 0.05) is 19.4 Å². The quantitative estimate of drug-likeness (QED) is 0.793. The number of benzene rings is 1. The molecular weight excluding hydrogens is 336 g/mol. The van der Waals surface area contributed by atoms with E-state index in [2.05, 4.69) is 4.90 Å². The summed E-state index contributed by atoms with van der Waals surface area (Å²) in [6.45, 7) is 3.32. The van der Waals surface area contributed by atoms with E-state index in [0.717, 1.165) is 25.9 Å². The Hall–Kier alpha value is -2.12. The van der Waals surface area contributed by atoms with Crippen molar-refractivity contribution in [2.45, 2.75) is 37.8 Å². The average Bonchev–Trinajstić information content (AvgIpc) is 3.29. The van der Waals surface area contributed by atoms with Crippen LogP contribution in [-0.4, -0.2) is 65.6 Å². The van der Waals surface area contributed by atoms with Crippen molar-refractivity contribution in [1.29, 1.82) is 0 Å². The maximum atomic E-state index is 12.3. The summed E-state index contributed by atoms with van der Waals surface area (Å²) in [5, 5.41) is 11.1. The number of ether oxygens (including phenoxy) is 2. The molecule has 1 aromatic carbocycles. The summed E-state index contributed by atoms with van der Waals surface area (Å²) < 4.78 is 11.1. The van der Waals surface area contributed by atoms with Crippen molar-refractivity contribution >= 4 is 11.8 Å². The molecule has 0 aliphatic carbocycles. The van der Waals surface area contributed by atoms with Gasteiger partial charge in [-0.25, -0.2) is 0 Å². The number of nitrogens with zero attached hydrogens (tertiary/aromatic N) is 2. The van der Waals surface area contributed by atoms with E-state index in [9.17, 15) is 14.7 Å². The Morgan fingerprint density at radius 3 is 2.35 bits per heavy atom. The molecule has 0 aromatic heterocycles. The fourth-order valence-electron chi connectivity index (χ4n) is 3.98. The lowest BCUT2D eigenvalue weighted by Gasteiger charge is -2.34. The van der Waals surface area contributed by atoms with Crippen LogP contribution in [-0.2, 0) is 9.59 Å². The molecule has 140 valence electrons. The maximum absolute atomic E-state index is 12.3. The second kappa shape index (κ2) is 7.25. The van der Waals surface area contributed by atoms with Crippen molar-refractivity contribution in [1.82, 2.24) is 9.80 Å². The number of aliphatic hydroxyl groups excluding tert-OH is 1. The summed E-state index contributed by atoms with van der Waals surface area (Å²) >= 11 is 0. The summed E-state index contributed by atoms with van der Waals surface area (Å²) in [5.41, 5.74) is 0.631. The van der Waals surface area contributed by atoms with Crippen molar-refractivity contribution in [2.24, 2.45) is 0 Å². The van der Waals surface area contributed by atoms with Gasteiger partial charge in [-0.3, -0.25) is 14.5 Å². The standard InChI is InChI=1S/C19H24N2O5/c22-17-5-6-18(23)21(17)14(12-20-7-1-2-8-20)19(24)13-3-4-15-16(11-13)26-10-9-25-15/h3-4,11,14,19,24H,1-2,5-10,12H2/t14?,19-/m1/s1. The van der Waals surface area contributed by atoms with Gasteiger partial charge in [0.1, 0.15) is 19.3 Å². The lowest BCUT2D eigenvalue weighted by molar-refractivity contribution is -0.144. The number of carbonyl (C=O) groups excluding carboxylic acids is 2. The molecule has 2 fully saturated rings. The average molecular weight is 360 g/mol. The second-order valence-corrected chi connectivity index (χ2v) is 7.08. The lowest BCUT2D eigenvalue weighted by Crippen LogP contribution is -2.49. The summed E-state index contributed by atoms with van der Waals surface area (Å²) in [7, 11) is 0. The van der Waals surface area contributed by atoms with E-state index in [1.807, 2.05) is 0 Å². The smallest absolute Gasteiger partial charge is 0.230 e. The Bertz CT molecular complexity index is 685. The number of carbonyl (C=O) groups is 2. The zero-order valence-electron chi connectivity index (χ0n) is 14.7. The van der Waals surface area contributed by atoms with Gasteiger partial charge in [-0.2, -0.15) is 0 Å². The first-order valence-corrected chi connectivity index (χ1v) is 9.28. The number of aliphatic hydroxyl groups is 1. The van der Waals surface area contributed by atoms with Crippen LogP contribution in [0.5, 0.6) is 11.5 Å². The number of rotatable bonds is 5. The first kappa shape index (κ1) is 17.3. The fourth-order valence-corrected chi connectivity index (χ4v) is 3.98. The van der Waals surface area contributed by atoms with Gasteiger partial charge in [0.05, 0.1) is 6.04 Å². The Labute approximate surface area is 152 Å². The number of imide groups is 1. The minimum Gasteiger partial charge on any atom is -0.486 e. The van der Waals surface area contributed by atoms with Gasteiger partial charge in [-0.05, 0) is 43.6 Å². The van der Waals surface area contributed by atoms with Crippen LogP contribution in [0.2, 0.25) is 0 Å². The number of hydrogen-bond donors (Lipinski definition) is 1. The van der Waals surface area contributed by atoms with E-state index in [-0.39, 0.29) is 24.7 Å². The summed E-state index contributed by atoms with van der Waals surface area (Å²) in [5.74, 6) is 0.843. The number of fused-ring (bicyclic) bond motifs is 1. The molecule has 0 saturated carbocycles. The summed E-state index contributed by atoms with van der Waals surface area (Å²) in [6, 6.07) is 4.72. The van der Waals surface area contributed by atoms with Gasteiger partial charge in [-0.1, -0.05) is 6.07 Å². The van der Waals surface area contributed by atoms with E-state index in [4.69, 9.17) is 9.47 Å². The zero-order valence-corrected chi connectivity index (χ0v) is 14.7. The number of likely N-dealkylation sites (tertiary alicyclic amines) is 2. The summed E-state index contributed by atoms with van der Waals surface area (Å²) in [6.07, 6.45) is 1.70. The highest BCUT2D eigenvalue weighted by atomic mass is 16.6. The molecule has 0 spiro atoms. The zero-order chi connectivity index (χ0) is 18.1. The number of hydrogen-bond acceptors (Lipinski definition) is 6. The van der Waals surface area contributed by atoms with Crippen molar-refractivity contribution in [3.05, 3.63) is 23.8 Å². The van der Waals surface area contributed by atoms with E-state index >= 15 is 0 Å². The molecule has 0 bridgehead atoms. The Morgan fingerprint density at radius 2 is 1.65 bits per heavy atom. The molecule has 1 aromatic rings. The molecule has 1 unspecified atom stereocenters. The van der Waals surface area contributed by atoms with Crippen molar-refractivity contribution in [3.8, 4) is 11.5 Å². The van der Waals surface area contributed by atoms with Crippen LogP contribution in [0, 0.1) is 0 Å². The molecule has 26 heavy (non-hydrogen) atoms. The van der Waals surface area contributed by atoms with Crippen LogP contribution in [0.3, 0.4) is 0 Å². The van der Waals surface area contributed by atoms with Gasteiger partial charge in [0.2, 0.25) is 11.8 Å². The molecule has 3 heterocycles. The number of amides is 2. The highest BCUT2D eigenvalue weighted by Crippen LogP contribution is 2.35. The molecule has 1 N–H and O–H groups in total. The van der Waals surface area contributed by atoms with Crippen molar-refractivity contribution in [2.75, 3.05) is 32.8 Å². The van der Waals surface area contributed by atoms with Crippen LogP contribution in [0.1, 0.15) is 37.4 Å². The molecule has 0 radical (unpaired) electrons. The normalized spacial score (nSPS) is 22.7. The molecule has 3 aliphatic heterocycles. The molecular formula is C19H24N2O5. The van der Waals surface area contributed by atoms with Gasteiger partial charge in [0.25, 0.3) is 0 Å². The topological polar surface area (TPSA) is 79.3 Å². The maximum Gasteiger partial charge on any atom is 0.230 e. The SMILES string of the molecule is O=C1CCC(=O)N1C(CN1CCCC1)[C@H](O)c1ccc2c(c1)OCCO2. The second-order valence-electron chi connectivity index (χ2n) is 7.08. The van der Waals surface area contributed by atoms with Crippen molar-refractivity contribution in [3.63, 3.8) is 0 Å². The Balaban J connectivity index is 1.61. The van der Waals surface area contributed by atoms with Crippen LogP contribution < -0.4 is 9.47 Å². The highest BCUT2D eigenvalue weighted by molar-refractivity contribution is 6.02. The first-order chi connectivity index (χ1) is 12.6.